The third kappa shape index (κ3) is 8.51. The van der Waals surface area contributed by atoms with Gasteiger partial charge in [0.25, 0.3) is 0 Å². The van der Waals surface area contributed by atoms with E-state index in [0.717, 1.165) is 23.7 Å². The molecule has 0 aromatic carbocycles. The lowest BCUT2D eigenvalue weighted by molar-refractivity contribution is 0.0192. The predicted octanol–water partition coefficient (Wildman–Crippen LogP) is 3.14. The fourth-order valence-electron chi connectivity index (χ4n) is 2.18. The molecule has 1 aromatic heterocycles. The van der Waals surface area contributed by atoms with Crippen LogP contribution in [0.25, 0.3) is 0 Å². The van der Waals surface area contributed by atoms with Gasteiger partial charge in [-0.3, -0.25) is 0 Å². The summed E-state index contributed by atoms with van der Waals surface area (Å²) in [5.41, 5.74) is 1.04. The Morgan fingerprint density at radius 2 is 2.19 bits per heavy atom. The predicted molar refractivity (Wildman–Crippen MR) is 88.7 cm³/mol. The summed E-state index contributed by atoms with van der Waals surface area (Å²) in [5.74, 6) is 0.628. The van der Waals surface area contributed by atoms with E-state index in [4.69, 9.17) is 4.74 Å². The molecular weight excluding hydrogens is 284 g/mol. The summed E-state index contributed by atoms with van der Waals surface area (Å²) >= 11 is 1.65. The van der Waals surface area contributed by atoms with Gasteiger partial charge in [-0.25, -0.2) is 4.98 Å². The van der Waals surface area contributed by atoms with Crippen LogP contribution >= 0.6 is 11.3 Å². The Morgan fingerprint density at radius 1 is 1.38 bits per heavy atom. The summed E-state index contributed by atoms with van der Waals surface area (Å²) in [7, 11) is 0. The van der Waals surface area contributed by atoms with Crippen molar-refractivity contribution < 1.29 is 9.84 Å². The lowest BCUT2D eigenvalue weighted by atomic mass is 10.0. The summed E-state index contributed by atoms with van der Waals surface area (Å²) in [6.07, 6.45) is 4.42. The van der Waals surface area contributed by atoms with Gasteiger partial charge in [0.2, 0.25) is 0 Å². The minimum absolute atomic E-state index is 0.408. The van der Waals surface area contributed by atoms with Crippen molar-refractivity contribution in [3.8, 4) is 0 Å². The van der Waals surface area contributed by atoms with E-state index in [0.29, 0.717) is 25.6 Å². The number of aryl methyl sites for hydroxylation is 1. The lowest BCUT2D eigenvalue weighted by Gasteiger charge is -2.17. The molecule has 2 unspecified atom stereocenters. The van der Waals surface area contributed by atoms with Crippen molar-refractivity contribution in [1.29, 1.82) is 0 Å². The van der Waals surface area contributed by atoms with Gasteiger partial charge in [0.15, 0.2) is 0 Å². The zero-order chi connectivity index (χ0) is 15.5. The second kappa shape index (κ2) is 11.1. The van der Waals surface area contributed by atoms with Gasteiger partial charge in [-0.2, -0.15) is 0 Å². The van der Waals surface area contributed by atoms with Crippen molar-refractivity contribution >= 4 is 11.3 Å². The van der Waals surface area contributed by atoms with Crippen molar-refractivity contribution in [2.45, 2.75) is 59.1 Å². The van der Waals surface area contributed by atoms with Crippen LogP contribution in [0.4, 0.5) is 0 Å². The monoisotopic (exact) mass is 314 g/mol. The van der Waals surface area contributed by atoms with E-state index in [1.54, 1.807) is 11.3 Å². The van der Waals surface area contributed by atoms with E-state index in [1.165, 1.54) is 19.3 Å². The first-order chi connectivity index (χ1) is 10.2. The van der Waals surface area contributed by atoms with Gasteiger partial charge in [0.1, 0.15) is 0 Å². The highest BCUT2D eigenvalue weighted by Gasteiger charge is 2.09. The number of ether oxygens (including phenoxy) is 1. The fourth-order valence-corrected chi connectivity index (χ4v) is 2.80. The van der Waals surface area contributed by atoms with E-state index in [1.807, 2.05) is 12.3 Å². The second-order valence-corrected chi connectivity index (χ2v) is 6.66. The number of thiazole rings is 1. The molecule has 1 heterocycles. The van der Waals surface area contributed by atoms with Crippen LogP contribution < -0.4 is 5.32 Å². The quantitative estimate of drug-likeness (QED) is 0.622. The first-order valence-corrected chi connectivity index (χ1v) is 8.91. The Kier molecular flexibility index (Phi) is 9.83. The lowest BCUT2D eigenvalue weighted by Crippen LogP contribution is -2.30. The number of aromatic nitrogens is 1. The van der Waals surface area contributed by atoms with Crippen LogP contribution in [0.5, 0.6) is 0 Å². The minimum Gasteiger partial charge on any atom is -0.389 e. The molecule has 0 radical (unpaired) electrons. The first-order valence-electron chi connectivity index (χ1n) is 8.03. The molecule has 0 saturated carbocycles. The van der Waals surface area contributed by atoms with Gasteiger partial charge in [0, 0.05) is 25.1 Å². The zero-order valence-corrected chi connectivity index (χ0v) is 14.4. The highest BCUT2D eigenvalue weighted by Crippen LogP contribution is 2.12. The van der Waals surface area contributed by atoms with Crippen molar-refractivity contribution in [3.05, 3.63) is 16.1 Å². The summed E-state index contributed by atoms with van der Waals surface area (Å²) in [5, 5.41) is 16.2. The summed E-state index contributed by atoms with van der Waals surface area (Å²) in [4.78, 5) is 4.38. The van der Waals surface area contributed by atoms with E-state index >= 15 is 0 Å². The van der Waals surface area contributed by atoms with Crippen LogP contribution in [-0.4, -0.2) is 36.0 Å². The first kappa shape index (κ1) is 18.6. The molecule has 0 aliphatic carbocycles. The highest BCUT2D eigenvalue weighted by atomic mass is 32.1. The number of aliphatic hydroxyl groups is 1. The molecule has 0 aliphatic heterocycles. The Balaban J connectivity index is 2.06. The molecular formula is C16H30N2O2S. The number of rotatable bonds is 12. The van der Waals surface area contributed by atoms with E-state index in [9.17, 15) is 5.11 Å². The van der Waals surface area contributed by atoms with Crippen LogP contribution in [0, 0.1) is 12.8 Å². The molecule has 0 fully saturated rings. The number of hydrogen-bond acceptors (Lipinski definition) is 5. The normalized spacial score (nSPS) is 14.3. The minimum atomic E-state index is -0.451. The van der Waals surface area contributed by atoms with Crippen molar-refractivity contribution in [2.24, 2.45) is 5.92 Å². The summed E-state index contributed by atoms with van der Waals surface area (Å²) in [6, 6.07) is 0. The maximum Gasteiger partial charge on any atom is 0.0897 e. The van der Waals surface area contributed by atoms with Crippen molar-refractivity contribution in [2.75, 3.05) is 19.8 Å². The highest BCUT2D eigenvalue weighted by molar-refractivity contribution is 7.09. The largest absolute Gasteiger partial charge is 0.389 e. The van der Waals surface area contributed by atoms with E-state index < -0.39 is 6.10 Å². The topological polar surface area (TPSA) is 54.4 Å². The number of aliphatic hydroxyl groups excluding tert-OH is 1. The molecule has 2 atom stereocenters. The third-order valence-corrected chi connectivity index (χ3v) is 4.38. The molecule has 5 heteroatoms. The molecule has 2 N–H and O–H groups in total. The molecule has 0 bridgehead atoms. The molecule has 0 amide bonds. The molecule has 4 nitrogen and oxygen atoms in total. The number of nitrogens with zero attached hydrogens (tertiary/aromatic N) is 1. The molecule has 0 saturated heterocycles. The molecule has 0 aliphatic rings. The summed E-state index contributed by atoms with van der Waals surface area (Å²) in [6.45, 7) is 8.84. The van der Waals surface area contributed by atoms with Gasteiger partial charge in [-0.1, -0.05) is 33.1 Å². The van der Waals surface area contributed by atoms with Gasteiger partial charge < -0.3 is 15.2 Å². The Bertz CT molecular complexity index is 371. The molecule has 122 valence electrons. The maximum atomic E-state index is 9.89. The zero-order valence-electron chi connectivity index (χ0n) is 13.6. The van der Waals surface area contributed by atoms with Crippen molar-refractivity contribution in [3.63, 3.8) is 0 Å². The smallest absolute Gasteiger partial charge is 0.0897 e. The van der Waals surface area contributed by atoms with Crippen LogP contribution in [0.15, 0.2) is 5.38 Å². The fraction of sp³-hybridized carbons (Fsp3) is 0.812. The SMILES string of the molecule is CCCCC(CC)COCC(O)CNCc1csc(C)n1. The van der Waals surface area contributed by atoms with Crippen LogP contribution in [0.3, 0.4) is 0 Å². The maximum absolute atomic E-state index is 9.89. The Hall–Kier alpha value is -0.490. The molecule has 1 rings (SSSR count). The standard InChI is InChI=1S/C16H30N2O2S/c1-4-6-7-14(5-2)10-20-11-16(19)9-17-8-15-12-21-13(3)18-15/h12,14,16-17,19H,4-11H2,1-3H3. The molecule has 0 spiro atoms. The van der Waals surface area contributed by atoms with E-state index in [-0.39, 0.29) is 0 Å². The Labute approximate surface area is 132 Å². The van der Waals surface area contributed by atoms with Gasteiger partial charge in [-0.15, -0.1) is 11.3 Å². The van der Waals surface area contributed by atoms with Crippen LogP contribution in [0.1, 0.15) is 50.2 Å². The second-order valence-electron chi connectivity index (χ2n) is 5.60. The van der Waals surface area contributed by atoms with E-state index in [2.05, 4.69) is 24.1 Å². The van der Waals surface area contributed by atoms with Crippen molar-refractivity contribution in [1.82, 2.24) is 10.3 Å². The van der Waals surface area contributed by atoms with Crippen LogP contribution in [-0.2, 0) is 11.3 Å². The molecule has 21 heavy (non-hydrogen) atoms. The summed E-state index contributed by atoms with van der Waals surface area (Å²) < 4.78 is 5.65. The average Bonchev–Trinajstić information content (AvgIpc) is 2.88. The Morgan fingerprint density at radius 3 is 2.81 bits per heavy atom. The van der Waals surface area contributed by atoms with Crippen LogP contribution in [0.2, 0.25) is 0 Å². The van der Waals surface area contributed by atoms with Gasteiger partial charge >= 0.3 is 0 Å². The third-order valence-electron chi connectivity index (χ3n) is 3.56. The number of unbranched alkanes of at least 4 members (excludes halogenated alkanes) is 1. The number of hydrogen-bond donors (Lipinski definition) is 2. The average molecular weight is 314 g/mol. The number of nitrogens with one attached hydrogen (secondary N) is 1. The molecule has 1 aromatic rings. The van der Waals surface area contributed by atoms with Gasteiger partial charge in [0.05, 0.1) is 23.4 Å². The van der Waals surface area contributed by atoms with Gasteiger partial charge in [-0.05, 0) is 19.3 Å².